The van der Waals surface area contributed by atoms with Gasteiger partial charge in [-0.05, 0) is 13.0 Å². The lowest BCUT2D eigenvalue weighted by Crippen LogP contribution is -1.75. The molecule has 0 aliphatic rings. The Morgan fingerprint density at radius 1 is 1.08 bits per heavy atom. The molecule has 1 aromatic heterocycles. The van der Waals surface area contributed by atoms with Crippen LogP contribution in [-0.4, -0.2) is 0 Å². The largest absolute Gasteiger partial charge is 0.463 e. The third-order valence-corrected chi connectivity index (χ3v) is 2.23. The minimum absolute atomic E-state index is 0.656. The van der Waals surface area contributed by atoms with Crippen LogP contribution in [0.2, 0.25) is 5.02 Å². The lowest BCUT2D eigenvalue weighted by atomic mass is 10.1. The van der Waals surface area contributed by atoms with Gasteiger partial charge in [-0.2, -0.15) is 0 Å². The van der Waals surface area contributed by atoms with Crippen LogP contribution in [0.5, 0.6) is 0 Å². The predicted molar refractivity (Wildman–Crippen MR) is 53.9 cm³/mol. The minimum Gasteiger partial charge on any atom is -0.463 e. The molecule has 0 radical (unpaired) electrons. The second-order valence-corrected chi connectivity index (χ2v) is 3.37. The van der Waals surface area contributed by atoms with Crippen LogP contribution >= 0.6 is 11.6 Å². The molecule has 0 amide bonds. The van der Waals surface area contributed by atoms with Crippen LogP contribution in [0.15, 0.2) is 41.0 Å². The summed E-state index contributed by atoms with van der Waals surface area (Å²) in [5, 5.41) is 0.656. The number of halogens is 1. The average molecular weight is 193 g/mol. The molecule has 1 aromatic carbocycles. The summed E-state index contributed by atoms with van der Waals surface area (Å²) in [6.45, 7) is 2.05. The summed E-state index contributed by atoms with van der Waals surface area (Å²) >= 11 is 5.92. The molecule has 0 saturated carbocycles. The van der Waals surface area contributed by atoms with Gasteiger partial charge in [-0.15, -0.1) is 0 Å². The Bertz CT molecular complexity index is 400. The van der Waals surface area contributed by atoms with E-state index in [9.17, 15) is 0 Å². The van der Waals surface area contributed by atoms with Crippen LogP contribution in [0.1, 0.15) is 5.56 Å². The second kappa shape index (κ2) is 3.27. The van der Waals surface area contributed by atoms with E-state index in [1.807, 2.05) is 31.2 Å². The van der Waals surface area contributed by atoms with E-state index in [0.29, 0.717) is 5.02 Å². The van der Waals surface area contributed by atoms with Crippen molar-refractivity contribution in [2.75, 3.05) is 0 Å². The number of furan rings is 1. The number of benzene rings is 1. The number of hydrogen-bond donors (Lipinski definition) is 0. The Hall–Kier alpha value is -1.21. The first-order valence-electron chi connectivity index (χ1n) is 4.07. The lowest BCUT2D eigenvalue weighted by molar-refractivity contribution is 0.582. The van der Waals surface area contributed by atoms with Crippen molar-refractivity contribution in [1.29, 1.82) is 0 Å². The monoisotopic (exact) mass is 192 g/mol. The highest BCUT2D eigenvalue weighted by Crippen LogP contribution is 2.28. The summed E-state index contributed by atoms with van der Waals surface area (Å²) in [6.07, 6.45) is 1.59. The summed E-state index contributed by atoms with van der Waals surface area (Å²) in [4.78, 5) is 0. The zero-order valence-corrected chi connectivity index (χ0v) is 8.01. The molecule has 2 rings (SSSR count). The third kappa shape index (κ3) is 1.61. The molecule has 0 spiro atoms. The van der Waals surface area contributed by atoms with E-state index in [4.69, 9.17) is 16.0 Å². The SMILES string of the molecule is Cc1ccc(-c2occc2Cl)cc1. The highest BCUT2D eigenvalue weighted by Gasteiger charge is 2.05. The van der Waals surface area contributed by atoms with Crippen LogP contribution in [0.25, 0.3) is 11.3 Å². The van der Waals surface area contributed by atoms with Crippen molar-refractivity contribution in [3.8, 4) is 11.3 Å². The van der Waals surface area contributed by atoms with E-state index in [-0.39, 0.29) is 0 Å². The van der Waals surface area contributed by atoms with Gasteiger partial charge in [-0.25, -0.2) is 0 Å². The number of aryl methyl sites for hydroxylation is 1. The Kier molecular flexibility index (Phi) is 2.11. The Morgan fingerprint density at radius 2 is 1.77 bits per heavy atom. The molecule has 2 aromatic rings. The zero-order valence-electron chi connectivity index (χ0n) is 7.25. The van der Waals surface area contributed by atoms with Crippen molar-refractivity contribution in [2.24, 2.45) is 0 Å². The molecule has 0 fully saturated rings. The van der Waals surface area contributed by atoms with Crippen molar-refractivity contribution in [3.63, 3.8) is 0 Å². The van der Waals surface area contributed by atoms with E-state index in [2.05, 4.69) is 0 Å². The van der Waals surface area contributed by atoms with E-state index < -0.39 is 0 Å². The Morgan fingerprint density at radius 3 is 2.31 bits per heavy atom. The fourth-order valence-electron chi connectivity index (χ4n) is 1.20. The van der Waals surface area contributed by atoms with Crippen LogP contribution in [0, 0.1) is 6.92 Å². The number of hydrogen-bond acceptors (Lipinski definition) is 1. The van der Waals surface area contributed by atoms with Gasteiger partial charge in [-0.3, -0.25) is 0 Å². The summed E-state index contributed by atoms with van der Waals surface area (Å²) in [5.74, 6) is 0.738. The van der Waals surface area contributed by atoms with Gasteiger partial charge in [0.2, 0.25) is 0 Å². The predicted octanol–water partition coefficient (Wildman–Crippen LogP) is 3.91. The van der Waals surface area contributed by atoms with Crippen LogP contribution in [0.4, 0.5) is 0 Å². The highest BCUT2D eigenvalue weighted by molar-refractivity contribution is 6.32. The normalized spacial score (nSPS) is 10.3. The lowest BCUT2D eigenvalue weighted by Gasteiger charge is -1.97. The standard InChI is InChI=1S/C11H9ClO/c1-8-2-4-9(5-3-8)11-10(12)6-7-13-11/h2-7H,1H3. The average Bonchev–Trinajstić information content (AvgIpc) is 2.53. The molecule has 2 heteroatoms. The van der Waals surface area contributed by atoms with Gasteiger partial charge < -0.3 is 4.42 Å². The molecule has 0 bridgehead atoms. The molecule has 66 valence electrons. The third-order valence-electron chi connectivity index (χ3n) is 1.93. The van der Waals surface area contributed by atoms with Gasteiger partial charge in [0.25, 0.3) is 0 Å². The maximum atomic E-state index is 5.92. The Balaban J connectivity index is 2.47. The molecule has 0 unspecified atom stereocenters. The molecule has 0 atom stereocenters. The summed E-state index contributed by atoms with van der Waals surface area (Å²) in [5.41, 5.74) is 2.24. The molecule has 0 saturated heterocycles. The van der Waals surface area contributed by atoms with Crippen molar-refractivity contribution in [3.05, 3.63) is 47.2 Å². The smallest absolute Gasteiger partial charge is 0.152 e. The van der Waals surface area contributed by atoms with Gasteiger partial charge >= 0.3 is 0 Å². The molecular formula is C11H9ClO. The second-order valence-electron chi connectivity index (χ2n) is 2.96. The molecule has 13 heavy (non-hydrogen) atoms. The van der Waals surface area contributed by atoms with Crippen LogP contribution < -0.4 is 0 Å². The van der Waals surface area contributed by atoms with Crippen molar-refractivity contribution >= 4 is 11.6 Å². The first kappa shape index (κ1) is 8.39. The topological polar surface area (TPSA) is 13.1 Å². The quantitative estimate of drug-likeness (QED) is 0.668. The maximum absolute atomic E-state index is 5.92. The van der Waals surface area contributed by atoms with Gasteiger partial charge in [0.15, 0.2) is 5.76 Å². The molecule has 0 N–H and O–H groups in total. The van der Waals surface area contributed by atoms with E-state index in [1.54, 1.807) is 12.3 Å². The van der Waals surface area contributed by atoms with Gasteiger partial charge in [0.1, 0.15) is 0 Å². The van der Waals surface area contributed by atoms with Crippen LogP contribution in [0.3, 0.4) is 0 Å². The number of rotatable bonds is 1. The van der Waals surface area contributed by atoms with E-state index in [1.165, 1.54) is 5.56 Å². The first-order chi connectivity index (χ1) is 6.27. The molecule has 0 aliphatic carbocycles. The summed E-state index contributed by atoms with van der Waals surface area (Å²) in [6, 6.07) is 9.82. The van der Waals surface area contributed by atoms with Gasteiger partial charge in [-0.1, -0.05) is 41.4 Å². The first-order valence-corrected chi connectivity index (χ1v) is 4.45. The summed E-state index contributed by atoms with van der Waals surface area (Å²) < 4.78 is 5.26. The van der Waals surface area contributed by atoms with Crippen molar-refractivity contribution < 1.29 is 4.42 Å². The molecule has 0 aliphatic heterocycles. The molecule has 1 nitrogen and oxygen atoms in total. The van der Waals surface area contributed by atoms with Crippen LogP contribution in [-0.2, 0) is 0 Å². The van der Waals surface area contributed by atoms with E-state index in [0.717, 1.165) is 11.3 Å². The van der Waals surface area contributed by atoms with E-state index >= 15 is 0 Å². The van der Waals surface area contributed by atoms with Gasteiger partial charge in [0.05, 0.1) is 11.3 Å². The Labute approximate surface area is 82.0 Å². The van der Waals surface area contributed by atoms with Crippen molar-refractivity contribution in [1.82, 2.24) is 0 Å². The minimum atomic E-state index is 0.656. The maximum Gasteiger partial charge on any atom is 0.152 e. The molecular weight excluding hydrogens is 184 g/mol. The summed E-state index contributed by atoms with van der Waals surface area (Å²) in [7, 11) is 0. The fraction of sp³-hybridized carbons (Fsp3) is 0.0909. The van der Waals surface area contributed by atoms with Gasteiger partial charge in [0, 0.05) is 5.56 Å². The van der Waals surface area contributed by atoms with Crippen molar-refractivity contribution in [2.45, 2.75) is 6.92 Å². The molecule has 1 heterocycles. The highest BCUT2D eigenvalue weighted by atomic mass is 35.5. The fourth-order valence-corrected chi connectivity index (χ4v) is 1.41. The zero-order chi connectivity index (χ0) is 9.26.